The van der Waals surface area contributed by atoms with E-state index in [1.165, 1.54) is 0 Å². The van der Waals surface area contributed by atoms with Gasteiger partial charge in [0.05, 0.1) is 6.42 Å². The first-order valence-electron chi connectivity index (χ1n) is 10.4. The Bertz CT molecular complexity index is 1040. The fourth-order valence-electron chi connectivity index (χ4n) is 3.48. The Labute approximate surface area is 182 Å². The van der Waals surface area contributed by atoms with Gasteiger partial charge in [0.1, 0.15) is 18.1 Å². The second-order valence-electron chi connectivity index (χ2n) is 7.30. The summed E-state index contributed by atoms with van der Waals surface area (Å²) < 4.78 is 11.4. The van der Waals surface area contributed by atoms with E-state index in [1.807, 2.05) is 103 Å². The molecule has 0 heterocycles. The molecule has 0 aliphatic carbocycles. The van der Waals surface area contributed by atoms with Gasteiger partial charge < -0.3 is 9.47 Å². The molecule has 0 aliphatic rings. The van der Waals surface area contributed by atoms with Crippen LogP contribution in [0.25, 0.3) is 0 Å². The van der Waals surface area contributed by atoms with Crippen molar-refractivity contribution in [2.24, 2.45) is 0 Å². The van der Waals surface area contributed by atoms with Crippen molar-refractivity contribution >= 4 is 5.97 Å². The van der Waals surface area contributed by atoms with E-state index in [1.54, 1.807) is 12.1 Å². The molecule has 4 aromatic rings. The zero-order valence-electron chi connectivity index (χ0n) is 17.2. The van der Waals surface area contributed by atoms with Gasteiger partial charge in [0, 0.05) is 5.92 Å². The van der Waals surface area contributed by atoms with Crippen LogP contribution in [0.5, 0.6) is 11.5 Å². The van der Waals surface area contributed by atoms with Gasteiger partial charge in [-0.25, -0.2) is 0 Å². The zero-order chi connectivity index (χ0) is 21.3. The minimum atomic E-state index is -0.268. The van der Waals surface area contributed by atoms with Crippen molar-refractivity contribution in [2.75, 3.05) is 0 Å². The molecule has 4 aromatic carbocycles. The topological polar surface area (TPSA) is 35.5 Å². The first-order valence-corrected chi connectivity index (χ1v) is 10.4. The summed E-state index contributed by atoms with van der Waals surface area (Å²) in [6, 6.07) is 37.2. The number of hydrogen-bond acceptors (Lipinski definition) is 3. The summed E-state index contributed by atoms with van der Waals surface area (Å²) in [5.74, 6) is 0.922. The third kappa shape index (κ3) is 5.83. The molecular formula is C28H24O3. The van der Waals surface area contributed by atoms with Crippen LogP contribution in [0.4, 0.5) is 0 Å². The fourth-order valence-corrected chi connectivity index (χ4v) is 3.48. The highest BCUT2D eigenvalue weighted by molar-refractivity contribution is 5.74. The number of rotatable bonds is 8. The van der Waals surface area contributed by atoms with Crippen LogP contribution < -0.4 is 9.47 Å². The van der Waals surface area contributed by atoms with Gasteiger partial charge in [-0.3, -0.25) is 4.79 Å². The Hall–Kier alpha value is -3.85. The summed E-state index contributed by atoms with van der Waals surface area (Å²) in [6.07, 6.45) is 0.264. The molecule has 0 atom stereocenters. The van der Waals surface area contributed by atoms with Gasteiger partial charge in [0.15, 0.2) is 0 Å². The fraction of sp³-hybridized carbons (Fsp3) is 0.107. The predicted octanol–water partition coefficient (Wildman–Crippen LogP) is 6.39. The highest BCUT2D eigenvalue weighted by atomic mass is 16.5. The van der Waals surface area contributed by atoms with Crippen LogP contribution in [-0.2, 0) is 11.4 Å². The second kappa shape index (κ2) is 10.3. The van der Waals surface area contributed by atoms with Gasteiger partial charge in [0.2, 0.25) is 0 Å². The maximum absolute atomic E-state index is 12.7. The van der Waals surface area contributed by atoms with Gasteiger partial charge in [-0.2, -0.15) is 0 Å². The molecule has 3 heteroatoms. The van der Waals surface area contributed by atoms with Gasteiger partial charge >= 0.3 is 5.97 Å². The van der Waals surface area contributed by atoms with Gasteiger partial charge in [0.25, 0.3) is 0 Å². The molecule has 0 bridgehead atoms. The SMILES string of the molecule is O=C(CC(c1ccccc1)c1ccccc1)Oc1ccc(OCc2ccccc2)cc1. The Morgan fingerprint density at radius 3 is 1.65 bits per heavy atom. The van der Waals surface area contributed by atoms with Crippen LogP contribution in [0.15, 0.2) is 115 Å². The molecule has 0 N–H and O–H groups in total. The summed E-state index contributed by atoms with van der Waals surface area (Å²) in [5, 5.41) is 0. The minimum Gasteiger partial charge on any atom is -0.489 e. The minimum absolute atomic E-state index is 0.0524. The molecule has 4 rings (SSSR count). The number of ether oxygens (including phenoxy) is 2. The predicted molar refractivity (Wildman–Crippen MR) is 122 cm³/mol. The number of benzene rings is 4. The summed E-state index contributed by atoms with van der Waals surface area (Å²) >= 11 is 0. The monoisotopic (exact) mass is 408 g/mol. The standard InChI is InChI=1S/C28H24O3/c29-28(20-27(23-12-6-2-7-13-23)24-14-8-3-9-15-24)31-26-18-16-25(17-19-26)30-21-22-10-4-1-5-11-22/h1-19,27H,20-21H2. The molecule has 0 unspecified atom stereocenters. The van der Waals surface area contributed by atoms with Crippen LogP contribution in [0.3, 0.4) is 0 Å². The molecule has 154 valence electrons. The van der Waals surface area contributed by atoms with E-state index in [9.17, 15) is 4.79 Å². The van der Waals surface area contributed by atoms with E-state index < -0.39 is 0 Å². The van der Waals surface area contributed by atoms with E-state index in [0.29, 0.717) is 12.4 Å². The molecule has 0 spiro atoms. The van der Waals surface area contributed by atoms with E-state index >= 15 is 0 Å². The first-order chi connectivity index (χ1) is 15.3. The normalized spacial score (nSPS) is 10.6. The molecule has 31 heavy (non-hydrogen) atoms. The van der Waals surface area contributed by atoms with E-state index in [4.69, 9.17) is 9.47 Å². The zero-order valence-corrected chi connectivity index (χ0v) is 17.2. The quantitative estimate of drug-likeness (QED) is 0.250. The Kier molecular flexibility index (Phi) is 6.76. The van der Waals surface area contributed by atoms with E-state index in [0.717, 1.165) is 22.4 Å². The molecule has 0 fully saturated rings. The summed E-state index contributed by atoms with van der Waals surface area (Å²) in [7, 11) is 0. The summed E-state index contributed by atoms with van der Waals surface area (Å²) in [5.41, 5.74) is 3.29. The molecule has 0 amide bonds. The largest absolute Gasteiger partial charge is 0.489 e. The van der Waals surface area contributed by atoms with Crippen molar-refractivity contribution < 1.29 is 14.3 Å². The number of carbonyl (C=O) groups excluding carboxylic acids is 1. The molecule has 0 saturated heterocycles. The maximum atomic E-state index is 12.7. The van der Waals surface area contributed by atoms with Crippen LogP contribution in [0, 0.1) is 0 Å². The lowest BCUT2D eigenvalue weighted by molar-refractivity contribution is -0.134. The van der Waals surface area contributed by atoms with Crippen LogP contribution in [0.1, 0.15) is 29.0 Å². The Morgan fingerprint density at radius 1 is 0.613 bits per heavy atom. The van der Waals surface area contributed by atoms with Crippen LogP contribution in [0.2, 0.25) is 0 Å². The smallest absolute Gasteiger partial charge is 0.312 e. The van der Waals surface area contributed by atoms with Gasteiger partial charge in [-0.1, -0.05) is 91.0 Å². The van der Waals surface area contributed by atoms with Gasteiger partial charge in [-0.05, 0) is 41.0 Å². The lowest BCUT2D eigenvalue weighted by Gasteiger charge is -2.17. The average Bonchev–Trinajstić information content (AvgIpc) is 2.84. The molecule has 0 radical (unpaired) electrons. The van der Waals surface area contributed by atoms with E-state index in [2.05, 4.69) is 0 Å². The van der Waals surface area contributed by atoms with Gasteiger partial charge in [-0.15, -0.1) is 0 Å². The maximum Gasteiger partial charge on any atom is 0.312 e. The summed E-state index contributed by atoms with van der Waals surface area (Å²) in [4.78, 5) is 12.7. The van der Waals surface area contributed by atoms with E-state index in [-0.39, 0.29) is 18.3 Å². The second-order valence-corrected chi connectivity index (χ2v) is 7.30. The van der Waals surface area contributed by atoms with Crippen molar-refractivity contribution in [3.8, 4) is 11.5 Å². The number of hydrogen-bond donors (Lipinski definition) is 0. The van der Waals surface area contributed by atoms with Crippen molar-refractivity contribution in [1.82, 2.24) is 0 Å². The lowest BCUT2D eigenvalue weighted by atomic mass is 9.89. The molecular weight excluding hydrogens is 384 g/mol. The van der Waals surface area contributed by atoms with Crippen LogP contribution >= 0.6 is 0 Å². The van der Waals surface area contributed by atoms with Crippen molar-refractivity contribution in [2.45, 2.75) is 18.9 Å². The van der Waals surface area contributed by atoms with Crippen molar-refractivity contribution in [3.63, 3.8) is 0 Å². The highest BCUT2D eigenvalue weighted by Crippen LogP contribution is 2.29. The van der Waals surface area contributed by atoms with Crippen LogP contribution in [-0.4, -0.2) is 5.97 Å². The third-order valence-corrected chi connectivity index (χ3v) is 5.08. The summed E-state index contributed by atoms with van der Waals surface area (Å²) in [6.45, 7) is 0.496. The third-order valence-electron chi connectivity index (χ3n) is 5.08. The highest BCUT2D eigenvalue weighted by Gasteiger charge is 2.19. The average molecular weight is 408 g/mol. The first kappa shape index (κ1) is 20.4. The Balaban J connectivity index is 1.39. The lowest BCUT2D eigenvalue weighted by Crippen LogP contribution is -2.14. The molecule has 3 nitrogen and oxygen atoms in total. The Morgan fingerprint density at radius 2 is 1.10 bits per heavy atom. The van der Waals surface area contributed by atoms with Crippen molar-refractivity contribution in [3.05, 3.63) is 132 Å². The number of carbonyl (C=O) groups is 1. The number of esters is 1. The van der Waals surface area contributed by atoms with Crippen molar-refractivity contribution in [1.29, 1.82) is 0 Å². The molecule has 0 aromatic heterocycles. The molecule has 0 aliphatic heterocycles. The molecule has 0 saturated carbocycles.